The molecule has 0 spiro atoms. The molecule has 0 atom stereocenters. The first kappa shape index (κ1) is 15.1. The highest BCUT2D eigenvalue weighted by molar-refractivity contribution is 5.97. The van der Waals surface area contributed by atoms with Gasteiger partial charge in [0.05, 0.1) is 5.56 Å². The molecule has 0 radical (unpaired) electrons. The second-order valence-corrected chi connectivity index (χ2v) is 5.48. The number of amides is 1. The highest BCUT2D eigenvalue weighted by atomic mass is 19.1. The summed E-state index contributed by atoms with van der Waals surface area (Å²) in [4.78, 5) is 15.2. The predicted molar refractivity (Wildman–Crippen MR) is 87.1 cm³/mol. The summed E-state index contributed by atoms with van der Waals surface area (Å²) in [6.07, 6.45) is 2.39. The van der Waals surface area contributed by atoms with E-state index in [4.69, 9.17) is 0 Å². The van der Waals surface area contributed by atoms with Crippen molar-refractivity contribution in [2.45, 2.75) is 13.3 Å². The van der Waals surface area contributed by atoms with Crippen LogP contribution in [0.2, 0.25) is 0 Å². The van der Waals surface area contributed by atoms with E-state index in [0.717, 1.165) is 16.5 Å². The fourth-order valence-electron chi connectivity index (χ4n) is 2.61. The van der Waals surface area contributed by atoms with Crippen molar-refractivity contribution in [3.05, 3.63) is 65.1 Å². The molecule has 3 rings (SSSR count). The molecule has 0 aliphatic heterocycles. The number of H-pyrrole nitrogens is 1. The number of halogens is 1. The molecule has 0 unspecified atom stereocenters. The number of aromatic amines is 1. The first-order valence-electron chi connectivity index (χ1n) is 7.38. The van der Waals surface area contributed by atoms with Crippen molar-refractivity contribution in [2.24, 2.45) is 0 Å². The number of aryl methyl sites for hydroxylation is 1. The van der Waals surface area contributed by atoms with Crippen LogP contribution in [0.1, 0.15) is 21.5 Å². The molecule has 0 saturated carbocycles. The zero-order valence-electron chi connectivity index (χ0n) is 12.7. The largest absolute Gasteiger partial charge is 0.507 e. The summed E-state index contributed by atoms with van der Waals surface area (Å²) < 4.78 is 13.3. The van der Waals surface area contributed by atoms with Gasteiger partial charge in [-0.05, 0) is 48.7 Å². The standard InChI is InChI=1S/C18H17FN2O2/c1-11-3-2-4-14(17(11)22)18(23)20-8-7-12-10-21-16-6-5-13(19)9-15(12)16/h2-6,9-10,21-22H,7-8H2,1H3,(H,20,23). The Bertz CT molecular complexity index is 871. The van der Waals surface area contributed by atoms with Crippen molar-refractivity contribution in [3.8, 4) is 5.75 Å². The Morgan fingerprint density at radius 2 is 2.13 bits per heavy atom. The summed E-state index contributed by atoms with van der Waals surface area (Å²) in [5, 5.41) is 13.5. The van der Waals surface area contributed by atoms with Crippen LogP contribution in [0.25, 0.3) is 10.9 Å². The van der Waals surface area contributed by atoms with Gasteiger partial charge in [-0.15, -0.1) is 0 Å². The Hall–Kier alpha value is -2.82. The molecule has 3 N–H and O–H groups in total. The molecule has 0 bridgehead atoms. The molecule has 0 saturated heterocycles. The Morgan fingerprint density at radius 1 is 1.30 bits per heavy atom. The number of fused-ring (bicyclic) bond motifs is 1. The highest BCUT2D eigenvalue weighted by Gasteiger charge is 2.12. The van der Waals surface area contributed by atoms with Crippen molar-refractivity contribution in [1.82, 2.24) is 10.3 Å². The number of hydrogen-bond acceptors (Lipinski definition) is 2. The minimum Gasteiger partial charge on any atom is -0.507 e. The summed E-state index contributed by atoms with van der Waals surface area (Å²) in [5.74, 6) is -0.608. The number of nitrogens with one attached hydrogen (secondary N) is 2. The van der Waals surface area contributed by atoms with Crippen LogP contribution in [0.15, 0.2) is 42.6 Å². The van der Waals surface area contributed by atoms with Crippen LogP contribution in [-0.4, -0.2) is 22.5 Å². The number of phenols is 1. The lowest BCUT2D eigenvalue weighted by molar-refractivity contribution is 0.0951. The Kier molecular flexibility index (Phi) is 4.02. The highest BCUT2D eigenvalue weighted by Crippen LogP contribution is 2.22. The van der Waals surface area contributed by atoms with Crippen molar-refractivity contribution >= 4 is 16.8 Å². The second-order valence-electron chi connectivity index (χ2n) is 5.48. The van der Waals surface area contributed by atoms with Crippen LogP contribution >= 0.6 is 0 Å². The molecule has 23 heavy (non-hydrogen) atoms. The van der Waals surface area contributed by atoms with Gasteiger partial charge in [-0.1, -0.05) is 12.1 Å². The van der Waals surface area contributed by atoms with Crippen molar-refractivity contribution in [1.29, 1.82) is 0 Å². The molecule has 0 fully saturated rings. The van der Waals surface area contributed by atoms with Gasteiger partial charge < -0.3 is 15.4 Å². The maximum atomic E-state index is 13.3. The molecule has 4 nitrogen and oxygen atoms in total. The van der Waals surface area contributed by atoms with Crippen LogP contribution in [0.3, 0.4) is 0 Å². The van der Waals surface area contributed by atoms with Crippen molar-refractivity contribution in [3.63, 3.8) is 0 Å². The SMILES string of the molecule is Cc1cccc(C(=O)NCCc2c[nH]c3ccc(F)cc23)c1O. The van der Waals surface area contributed by atoms with Crippen LogP contribution in [0.4, 0.5) is 4.39 Å². The molecular weight excluding hydrogens is 295 g/mol. The number of hydrogen-bond donors (Lipinski definition) is 3. The molecule has 1 amide bonds. The van der Waals surface area contributed by atoms with Crippen molar-refractivity contribution < 1.29 is 14.3 Å². The number of aromatic nitrogens is 1. The minimum atomic E-state index is -0.322. The number of benzene rings is 2. The monoisotopic (exact) mass is 312 g/mol. The van der Waals surface area contributed by atoms with E-state index < -0.39 is 0 Å². The molecule has 0 aliphatic rings. The average Bonchev–Trinajstić information content (AvgIpc) is 2.92. The van der Waals surface area contributed by atoms with E-state index >= 15 is 0 Å². The lowest BCUT2D eigenvalue weighted by Gasteiger charge is -2.08. The number of phenolic OH excluding ortho intramolecular Hbond substituents is 1. The van der Waals surface area contributed by atoms with E-state index in [-0.39, 0.29) is 23.0 Å². The maximum absolute atomic E-state index is 13.3. The number of para-hydroxylation sites is 1. The van der Waals surface area contributed by atoms with Gasteiger partial charge in [0.1, 0.15) is 11.6 Å². The maximum Gasteiger partial charge on any atom is 0.255 e. The molecule has 2 aromatic carbocycles. The summed E-state index contributed by atoms with van der Waals surface area (Å²) in [7, 11) is 0. The molecule has 3 aromatic rings. The third kappa shape index (κ3) is 3.04. The Morgan fingerprint density at radius 3 is 2.96 bits per heavy atom. The molecule has 5 heteroatoms. The molecule has 0 aliphatic carbocycles. The molecule has 1 aromatic heterocycles. The van der Waals surface area contributed by atoms with Crippen LogP contribution < -0.4 is 5.32 Å². The summed E-state index contributed by atoms with van der Waals surface area (Å²) in [5.41, 5.74) is 2.72. The van der Waals surface area contributed by atoms with Gasteiger partial charge in [-0.3, -0.25) is 4.79 Å². The van der Waals surface area contributed by atoms with E-state index in [0.29, 0.717) is 18.5 Å². The molecule has 118 valence electrons. The van der Waals surface area contributed by atoms with E-state index in [9.17, 15) is 14.3 Å². The van der Waals surface area contributed by atoms with Crippen LogP contribution in [-0.2, 0) is 6.42 Å². The van der Waals surface area contributed by atoms with E-state index in [1.54, 1.807) is 31.2 Å². The fraction of sp³-hybridized carbons (Fsp3) is 0.167. The van der Waals surface area contributed by atoms with Gasteiger partial charge in [0, 0.05) is 23.6 Å². The summed E-state index contributed by atoms with van der Waals surface area (Å²) >= 11 is 0. The van der Waals surface area contributed by atoms with Crippen LogP contribution in [0, 0.1) is 12.7 Å². The second kappa shape index (κ2) is 6.12. The Labute approximate surface area is 133 Å². The number of aromatic hydroxyl groups is 1. The van der Waals surface area contributed by atoms with Gasteiger partial charge in [-0.2, -0.15) is 0 Å². The zero-order valence-corrected chi connectivity index (χ0v) is 12.7. The summed E-state index contributed by atoms with van der Waals surface area (Å²) in [6, 6.07) is 9.63. The zero-order chi connectivity index (χ0) is 16.4. The van der Waals surface area contributed by atoms with E-state index in [1.807, 2.05) is 6.20 Å². The number of rotatable bonds is 4. The van der Waals surface area contributed by atoms with Gasteiger partial charge >= 0.3 is 0 Å². The number of carbonyl (C=O) groups is 1. The lowest BCUT2D eigenvalue weighted by atomic mass is 10.1. The average molecular weight is 312 g/mol. The van der Waals surface area contributed by atoms with E-state index in [2.05, 4.69) is 10.3 Å². The smallest absolute Gasteiger partial charge is 0.255 e. The predicted octanol–water partition coefficient (Wildman–Crippen LogP) is 3.29. The van der Waals surface area contributed by atoms with Gasteiger partial charge in [-0.25, -0.2) is 4.39 Å². The van der Waals surface area contributed by atoms with Crippen LogP contribution in [0.5, 0.6) is 5.75 Å². The number of carbonyl (C=O) groups excluding carboxylic acids is 1. The quantitative estimate of drug-likeness (QED) is 0.692. The van der Waals surface area contributed by atoms with Gasteiger partial charge in [0.2, 0.25) is 0 Å². The van der Waals surface area contributed by atoms with Crippen molar-refractivity contribution in [2.75, 3.05) is 6.54 Å². The Balaban J connectivity index is 1.68. The lowest BCUT2D eigenvalue weighted by Crippen LogP contribution is -2.25. The third-order valence-corrected chi connectivity index (χ3v) is 3.89. The normalized spacial score (nSPS) is 10.9. The molecular formula is C18H17FN2O2. The van der Waals surface area contributed by atoms with Gasteiger partial charge in [0.15, 0.2) is 0 Å². The fourth-order valence-corrected chi connectivity index (χ4v) is 2.61. The molecule has 1 heterocycles. The first-order valence-corrected chi connectivity index (χ1v) is 7.38. The van der Waals surface area contributed by atoms with E-state index in [1.165, 1.54) is 12.1 Å². The minimum absolute atomic E-state index is 0.000773. The summed E-state index contributed by atoms with van der Waals surface area (Å²) in [6.45, 7) is 2.14. The van der Waals surface area contributed by atoms with Gasteiger partial charge in [0.25, 0.3) is 5.91 Å². The first-order chi connectivity index (χ1) is 11.1. The topological polar surface area (TPSA) is 65.1 Å². The third-order valence-electron chi connectivity index (χ3n) is 3.89.